The molecular weight excluding hydrogens is 525 g/mol. The van der Waals surface area contributed by atoms with E-state index in [0.29, 0.717) is 18.5 Å². The molecular formula is C24H33FN2O6P2S. The fraction of sp³-hybridized carbons (Fsp3) is 0.458. The lowest BCUT2D eigenvalue weighted by molar-refractivity contribution is -0.122. The van der Waals surface area contributed by atoms with E-state index in [1.807, 2.05) is 18.5 Å². The van der Waals surface area contributed by atoms with Crippen molar-refractivity contribution >= 4 is 45.8 Å². The van der Waals surface area contributed by atoms with Crippen LogP contribution in [0.25, 0.3) is 0 Å². The second-order valence-corrected chi connectivity index (χ2v) is 13.1. The SMILES string of the molecule is CCOc1cc(NC(=O)CC2(O)CCCCC2)ccc1S(=O)(=O)N(C)c1cccc(OC(F)(P)P)c1. The zero-order chi connectivity index (χ0) is 26.6. The van der Waals surface area contributed by atoms with Crippen molar-refractivity contribution in [3.63, 3.8) is 0 Å². The molecule has 2 aromatic rings. The average Bonchev–Trinajstić information content (AvgIpc) is 2.78. The Balaban J connectivity index is 1.83. The van der Waals surface area contributed by atoms with Crippen LogP contribution in [0.2, 0.25) is 0 Å². The summed E-state index contributed by atoms with van der Waals surface area (Å²) in [6.07, 6.45) is 3.97. The number of sulfonamides is 1. The van der Waals surface area contributed by atoms with Crippen LogP contribution < -0.4 is 19.1 Å². The molecule has 3 rings (SSSR count). The molecule has 2 aromatic carbocycles. The van der Waals surface area contributed by atoms with Crippen LogP contribution in [0.15, 0.2) is 47.4 Å². The van der Waals surface area contributed by atoms with Crippen molar-refractivity contribution in [2.24, 2.45) is 0 Å². The minimum atomic E-state index is -4.09. The number of amides is 1. The Kier molecular flexibility index (Phi) is 9.20. The molecule has 0 spiro atoms. The summed E-state index contributed by atoms with van der Waals surface area (Å²) in [7, 11) is 1.05. The molecule has 1 aliphatic carbocycles. The third-order valence-corrected chi connectivity index (χ3v) is 7.96. The molecule has 8 nitrogen and oxygen atoms in total. The normalized spacial score (nSPS) is 15.7. The first-order chi connectivity index (χ1) is 16.8. The van der Waals surface area contributed by atoms with Crippen molar-refractivity contribution < 1.29 is 32.2 Å². The van der Waals surface area contributed by atoms with Gasteiger partial charge in [0.15, 0.2) is 0 Å². The highest BCUT2D eigenvalue weighted by Crippen LogP contribution is 2.36. The van der Waals surface area contributed by atoms with Gasteiger partial charge in [0.1, 0.15) is 16.4 Å². The van der Waals surface area contributed by atoms with Crippen LogP contribution in [0.1, 0.15) is 45.4 Å². The molecule has 1 fully saturated rings. The molecule has 1 amide bonds. The van der Waals surface area contributed by atoms with Crippen molar-refractivity contribution in [1.82, 2.24) is 0 Å². The summed E-state index contributed by atoms with van der Waals surface area (Å²) in [6, 6.07) is 10.3. The predicted molar refractivity (Wildman–Crippen MR) is 145 cm³/mol. The number of rotatable bonds is 10. The number of hydrogen-bond donors (Lipinski definition) is 2. The Labute approximate surface area is 216 Å². The second kappa shape index (κ2) is 11.6. The van der Waals surface area contributed by atoms with E-state index >= 15 is 0 Å². The topological polar surface area (TPSA) is 105 Å². The second-order valence-electron chi connectivity index (χ2n) is 8.87. The Morgan fingerprint density at radius 2 is 1.89 bits per heavy atom. The first-order valence-corrected chi connectivity index (χ1v) is 14.3. The average molecular weight is 559 g/mol. The summed E-state index contributed by atoms with van der Waals surface area (Å²) >= 11 is 0. The molecule has 1 aliphatic rings. The highest BCUT2D eigenvalue weighted by Gasteiger charge is 2.32. The van der Waals surface area contributed by atoms with Crippen LogP contribution in [0, 0.1) is 0 Å². The molecule has 0 bridgehead atoms. The standard InChI is InChI=1S/C24H33FN2O6P2S/c1-3-32-20-14-17(26-22(28)16-23(29)12-5-4-6-13-23)10-11-21(20)36(30,31)27(2)18-8-7-9-19(15-18)33-24(25,34)35/h7-11,14-15,29H,3-6,12-13,16,34-35H2,1-2H3,(H,26,28). The van der Waals surface area contributed by atoms with Crippen molar-refractivity contribution in [1.29, 1.82) is 0 Å². The van der Waals surface area contributed by atoms with Crippen LogP contribution in [0.4, 0.5) is 15.8 Å². The van der Waals surface area contributed by atoms with Crippen LogP contribution in [0.3, 0.4) is 0 Å². The maximum absolute atomic E-state index is 13.8. The van der Waals surface area contributed by atoms with Gasteiger partial charge in [-0.1, -0.05) is 25.3 Å². The van der Waals surface area contributed by atoms with Gasteiger partial charge in [-0.2, -0.15) is 4.39 Å². The Bertz CT molecular complexity index is 1180. The number of hydrogen-bond acceptors (Lipinski definition) is 6. The van der Waals surface area contributed by atoms with Crippen molar-refractivity contribution in [2.75, 3.05) is 23.3 Å². The smallest absolute Gasteiger partial charge is 0.270 e. The maximum atomic E-state index is 13.8. The van der Waals surface area contributed by atoms with Gasteiger partial charge in [-0.25, -0.2) is 8.42 Å². The Morgan fingerprint density at radius 3 is 2.53 bits per heavy atom. The first-order valence-electron chi connectivity index (χ1n) is 11.7. The molecule has 2 unspecified atom stereocenters. The minimum absolute atomic E-state index is 0.0229. The molecule has 36 heavy (non-hydrogen) atoms. The highest BCUT2D eigenvalue weighted by atomic mass is 32.2. The van der Waals surface area contributed by atoms with E-state index in [2.05, 4.69) is 5.32 Å². The van der Waals surface area contributed by atoms with E-state index in [4.69, 9.17) is 9.47 Å². The number of carbonyl (C=O) groups is 1. The van der Waals surface area contributed by atoms with Gasteiger partial charge < -0.3 is 19.9 Å². The van der Waals surface area contributed by atoms with Gasteiger partial charge in [-0.15, -0.1) is 0 Å². The lowest BCUT2D eigenvalue weighted by Crippen LogP contribution is -2.35. The van der Waals surface area contributed by atoms with Gasteiger partial charge in [0, 0.05) is 24.9 Å². The zero-order valence-electron chi connectivity index (χ0n) is 20.4. The number of carbonyl (C=O) groups excluding carboxylic acids is 1. The maximum Gasteiger partial charge on any atom is 0.270 e. The van der Waals surface area contributed by atoms with E-state index in [0.717, 1.165) is 23.6 Å². The first kappa shape index (κ1) is 28.6. The van der Waals surface area contributed by atoms with Crippen LogP contribution in [-0.2, 0) is 14.8 Å². The van der Waals surface area contributed by atoms with Crippen LogP contribution in [-0.4, -0.2) is 44.0 Å². The van der Waals surface area contributed by atoms with Gasteiger partial charge >= 0.3 is 0 Å². The van der Waals surface area contributed by atoms with Gasteiger partial charge in [0.25, 0.3) is 15.4 Å². The van der Waals surface area contributed by atoms with Gasteiger partial charge in [0.05, 0.1) is 24.3 Å². The van der Waals surface area contributed by atoms with Crippen molar-refractivity contribution in [2.45, 2.75) is 61.3 Å². The summed E-state index contributed by atoms with van der Waals surface area (Å²) in [5.41, 5.74) is -0.392. The van der Waals surface area contributed by atoms with E-state index in [9.17, 15) is 22.7 Å². The number of nitrogens with zero attached hydrogens (tertiary/aromatic N) is 1. The van der Waals surface area contributed by atoms with Crippen molar-refractivity contribution in [3.8, 4) is 11.5 Å². The monoisotopic (exact) mass is 558 g/mol. The molecule has 12 heteroatoms. The molecule has 198 valence electrons. The number of ether oxygens (including phenoxy) is 2. The lowest BCUT2D eigenvalue weighted by Gasteiger charge is -2.31. The molecule has 2 N–H and O–H groups in total. The fourth-order valence-electron chi connectivity index (χ4n) is 4.17. The number of aliphatic hydroxyl groups is 1. The zero-order valence-corrected chi connectivity index (χ0v) is 23.5. The number of halogens is 1. The summed E-state index contributed by atoms with van der Waals surface area (Å²) in [4.78, 5) is 12.5. The highest BCUT2D eigenvalue weighted by molar-refractivity contribution is 7.92. The molecule has 2 atom stereocenters. The van der Waals surface area contributed by atoms with Gasteiger partial charge in [-0.3, -0.25) is 9.10 Å². The third kappa shape index (κ3) is 7.51. The molecule has 0 aliphatic heterocycles. The summed E-state index contributed by atoms with van der Waals surface area (Å²) < 4.78 is 52.6. The van der Waals surface area contributed by atoms with Crippen molar-refractivity contribution in [3.05, 3.63) is 42.5 Å². The largest absolute Gasteiger partial charge is 0.492 e. The molecule has 0 radical (unpaired) electrons. The minimum Gasteiger partial charge on any atom is -0.492 e. The fourth-order valence-corrected chi connectivity index (χ4v) is 5.74. The molecule has 0 saturated heterocycles. The quantitative estimate of drug-likeness (QED) is 0.412. The number of alkyl halides is 1. The summed E-state index contributed by atoms with van der Waals surface area (Å²) in [5, 5.41) is 11.3. The molecule has 0 heterocycles. The number of nitrogens with one attached hydrogen (secondary N) is 1. The predicted octanol–water partition coefficient (Wildman–Crippen LogP) is 4.64. The van der Waals surface area contributed by atoms with Gasteiger partial charge in [-0.05, 0) is 62.5 Å². The Morgan fingerprint density at radius 1 is 1.19 bits per heavy atom. The summed E-state index contributed by atoms with van der Waals surface area (Å²) in [5.74, 6) is -0.133. The van der Waals surface area contributed by atoms with E-state index in [-0.39, 0.29) is 41.0 Å². The number of benzene rings is 2. The van der Waals surface area contributed by atoms with E-state index in [1.54, 1.807) is 19.1 Å². The Hall–Kier alpha value is -1.99. The van der Waals surface area contributed by atoms with Gasteiger partial charge in [0.2, 0.25) is 5.91 Å². The third-order valence-electron chi connectivity index (χ3n) is 5.90. The lowest BCUT2D eigenvalue weighted by atomic mass is 9.82. The number of anilines is 2. The molecule has 0 aromatic heterocycles. The molecule has 1 saturated carbocycles. The summed E-state index contributed by atoms with van der Waals surface area (Å²) in [6.45, 7) is 1.92. The van der Waals surface area contributed by atoms with E-state index in [1.165, 1.54) is 37.4 Å². The van der Waals surface area contributed by atoms with Crippen LogP contribution >= 0.6 is 18.5 Å². The van der Waals surface area contributed by atoms with Crippen LogP contribution in [0.5, 0.6) is 11.5 Å². The van der Waals surface area contributed by atoms with E-state index < -0.39 is 21.0 Å².